The van der Waals surface area contributed by atoms with Crippen LogP contribution in [0.25, 0.3) is 0 Å². The standard InChI is InChI=1S/C9H13ClS/c10-7-8-11-9-5-3-1-2-4-6-9/h3,5-6H,1-2,4,7-8H2. The molecular weight excluding hydrogens is 176 g/mol. The Kier molecular flexibility index (Phi) is 4.80. The molecule has 0 aromatic carbocycles. The van der Waals surface area contributed by atoms with Gasteiger partial charge in [-0.3, -0.25) is 0 Å². The molecular formula is C9H13ClS. The zero-order chi connectivity index (χ0) is 7.94. The third-order valence-corrected chi connectivity index (χ3v) is 3.01. The lowest BCUT2D eigenvalue weighted by Crippen LogP contribution is -1.78. The van der Waals surface area contributed by atoms with Crippen LogP contribution in [0.5, 0.6) is 0 Å². The van der Waals surface area contributed by atoms with Crippen LogP contribution in [-0.4, -0.2) is 11.6 Å². The minimum atomic E-state index is 0.746. The molecule has 0 aromatic rings. The van der Waals surface area contributed by atoms with E-state index in [1.54, 1.807) is 0 Å². The summed E-state index contributed by atoms with van der Waals surface area (Å²) in [7, 11) is 0. The molecule has 0 amide bonds. The van der Waals surface area contributed by atoms with E-state index < -0.39 is 0 Å². The molecule has 0 saturated carbocycles. The summed E-state index contributed by atoms with van der Waals surface area (Å²) >= 11 is 7.44. The average Bonchev–Trinajstić information content (AvgIpc) is 2.28. The molecule has 0 spiro atoms. The van der Waals surface area contributed by atoms with Crippen molar-refractivity contribution in [3.05, 3.63) is 23.1 Å². The number of allylic oxidation sites excluding steroid dienone is 3. The number of thioether (sulfide) groups is 1. The van der Waals surface area contributed by atoms with Gasteiger partial charge < -0.3 is 0 Å². The number of rotatable bonds is 3. The van der Waals surface area contributed by atoms with Gasteiger partial charge in [-0.2, -0.15) is 0 Å². The minimum Gasteiger partial charge on any atom is -0.126 e. The lowest BCUT2D eigenvalue weighted by atomic mass is 10.2. The van der Waals surface area contributed by atoms with Gasteiger partial charge in [-0.25, -0.2) is 0 Å². The van der Waals surface area contributed by atoms with Gasteiger partial charge in [0, 0.05) is 16.5 Å². The van der Waals surface area contributed by atoms with Gasteiger partial charge in [-0.05, 0) is 19.3 Å². The number of hydrogen-bond donors (Lipinski definition) is 0. The molecule has 0 bridgehead atoms. The van der Waals surface area contributed by atoms with Crippen molar-refractivity contribution in [2.75, 3.05) is 11.6 Å². The molecule has 1 aliphatic carbocycles. The Morgan fingerprint density at radius 3 is 3.18 bits per heavy atom. The number of alkyl halides is 1. The Morgan fingerprint density at radius 2 is 2.36 bits per heavy atom. The summed E-state index contributed by atoms with van der Waals surface area (Å²) in [5.41, 5.74) is 0. The van der Waals surface area contributed by atoms with Crippen molar-refractivity contribution in [3.8, 4) is 0 Å². The maximum absolute atomic E-state index is 5.59. The Balaban J connectivity index is 2.34. The predicted molar refractivity (Wildman–Crippen MR) is 54.3 cm³/mol. The fraction of sp³-hybridized carbons (Fsp3) is 0.556. The van der Waals surface area contributed by atoms with E-state index in [1.807, 2.05) is 11.8 Å². The molecule has 0 atom stereocenters. The van der Waals surface area contributed by atoms with Crippen molar-refractivity contribution in [1.29, 1.82) is 0 Å². The van der Waals surface area contributed by atoms with Crippen LogP contribution >= 0.6 is 23.4 Å². The molecule has 0 heterocycles. The fourth-order valence-corrected chi connectivity index (χ4v) is 1.98. The highest BCUT2D eigenvalue weighted by molar-refractivity contribution is 8.03. The first kappa shape index (κ1) is 9.21. The lowest BCUT2D eigenvalue weighted by Gasteiger charge is -1.96. The Hall–Kier alpha value is 0.120. The molecule has 11 heavy (non-hydrogen) atoms. The lowest BCUT2D eigenvalue weighted by molar-refractivity contribution is 0.875. The summed E-state index contributed by atoms with van der Waals surface area (Å²) in [6.45, 7) is 0. The topological polar surface area (TPSA) is 0 Å². The Labute approximate surface area is 77.7 Å². The fourth-order valence-electron chi connectivity index (χ4n) is 1.01. The van der Waals surface area contributed by atoms with E-state index in [9.17, 15) is 0 Å². The van der Waals surface area contributed by atoms with Gasteiger partial charge in [0.25, 0.3) is 0 Å². The molecule has 0 N–H and O–H groups in total. The second-order valence-electron chi connectivity index (χ2n) is 2.48. The van der Waals surface area contributed by atoms with E-state index >= 15 is 0 Å². The van der Waals surface area contributed by atoms with E-state index in [0.717, 1.165) is 11.6 Å². The van der Waals surface area contributed by atoms with Gasteiger partial charge in [0.15, 0.2) is 0 Å². The third kappa shape index (κ3) is 3.88. The van der Waals surface area contributed by atoms with Crippen LogP contribution in [0.4, 0.5) is 0 Å². The van der Waals surface area contributed by atoms with Crippen LogP contribution in [0, 0.1) is 0 Å². The van der Waals surface area contributed by atoms with Crippen LogP contribution in [0.2, 0.25) is 0 Å². The van der Waals surface area contributed by atoms with E-state index in [2.05, 4.69) is 18.2 Å². The zero-order valence-corrected chi connectivity index (χ0v) is 8.13. The molecule has 0 radical (unpaired) electrons. The molecule has 2 heteroatoms. The molecule has 0 fully saturated rings. The number of halogens is 1. The molecule has 1 rings (SSSR count). The molecule has 1 aliphatic rings. The zero-order valence-electron chi connectivity index (χ0n) is 6.55. The molecule has 0 aliphatic heterocycles. The summed E-state index contributed by atoms with van der Waals surface area (Å²) in [5.74, 6) is 1.77. The van der Waals surface area contributed by atoms with E-state index in [1.165, 1.54) is 24.2 Å². The van der Waals surface area contributed by atoms with Gasteiger partial charge in [0.05, 0.1) is 0 Å². The first-order valence-electron chi connectivity index (χ1n) is 3.99. The molecule has 0 saturated heterocycles. The van der Waals surface area contributed by atoms with Gasteiger partial charge in [0.2, 0.25) is 0 Å². The van der Waals surface area contributed by atoms with E-state index in [4.69, 9.17) is 11.6 Å². The maximum Gasteiger partial charge on any atom is 0.0317 e. The van der Waals surface area contributed by atoms with Gasteiger partial charge >= 0.3 is 0 Å². The minimum absolute atomic E-state index is 0.746. The summed E-state index contributed by atoms with van der Waals surface area (Å²) in [5, 5.41) is 0. The Bertz CT molecular complexity index is 161. The quantitative estimate of drug-likeness (QED) is 0.611. The Morgan fingerprint density at radius 1 is 1.45 bits per heavy atom. The molecule has 0 aromatic heterocycles. The summed E-state index contributed by atoms with van der Waals surface area (Å²) in [4.78, 5) is 1.39. The molecule has 0 unspecified atom stereocenters. The molecule has 0 nitrogen and oxygen atoms in total. The highest BCUT2D eigenvalue weighted by Crippen LogP contribution is 2.21. The third-order valence-electron chi connectivity index (χ3n) is 1.55. The van der Waals surface area contributed by atoms with Crippen LogP contribution < -0.4 is 0 Å². The summed E-state index contributed by atoms with van der Waals surface area (Å²) in [6.07, 6.45) is 10.5. The normalized spacial score (nSPS) is 17.7. The van der Waals surface area contributed by atoms with Crippen molar-refractivity contribution in [1.82, 2.24) is 0 Å². The first-order valence-corrected chi connectivity index (χ1v) is 5.51. The van der Waals surface area contributed by atoms with Crippen LogP contribution in [0.15, 0.2) is 23.1 Å². The average molecular weight is 189 g/mol. The number of hydrogen-bond acceptors (Lipinski definition) is 1. The van der Waals surface area contributed by atoms with Crippen molar-refractivity contribution in [3.63, 3.8) is 0 Å². The van der Waals surface area contributed by atoms with Gasteiger partial charge in [0.1, 0.15) is 0 Å². The van der Waals surface area contributed by atoms with Gasteiger partial charge in [-0.15, -0.1) is 23.4 Å². The first-order chi connectivity index (χ1) is 5.43. The highest BCUT2D eigenvalue weighted by Gasteiger charge is 1.96. The highest BCUT2D eigenvalue weighted by atomic mass is 35.5. The van der Waals surface area contributed by atoms with Crippen LogP contribution in [0.1, 0.15) is 19.3 Å². The predicted octanol–water partition coefficient (Wildman–Crippen LogP) is 3.58. The van der Waals surface area contributed by atoms with Crippen molar-refractivity contribution < 1.29 is 0 Å². The second kappa shape index (κ2) is 5.73. The summed E-state index contributed by atoms with van der Waals surface area (Å²) < 4.78 is 0. The second-order valence-corrected chi connectivity index (χ2v) is 4.02. The van der Waals surface area contributed by atoms with Crippen molar-refractivity contribution >= 4 is 23.4 Å². The van der Waals surface area contributed by atoms with Crippen LogP contribution in [0.3, 0.4) is 0 Å². The molecule has 62 valence electrons. The van der Waals surface area contributed by atoms with Crippen LogP contribution in [-0.2, 0) is 0 Å². The van der Waals surface area contributed by atoms with Crippen molar-refractivity contribution in [2.24, 2.45) is 0 Å². The smallest absolute Gasteiger partial charge is 0.0317 e. The maximum atomic E-state index is 5.59. The SMILES string of the molecule is ClCCSC1=CCCCC=C1. The summed E-state index contributed by atoms with van der Waals surface area (Å²) in [6, 6.07) is 0. The van der Waals surface area contributed by atoms with Crippen molar-refractivity contribution in [2.45, 2.75) is 19.3 Å². The van der Waals surface area contributed by atoms with E-state index in [0.29, 0.717) is 0 Å². The largest absolute Gasteiger partial charge is 0.126 e. The monoisotopic (exact) mass is 188 g/mol. The van der Waals surface area contributed by atoms with E-state index in [-0.39, 0.29) is 0 Å². The van der Waals surface area contributed by atoms with Gasteiger partial charge in [-0.1, -0.05) is 18.2 Å².